The van der Waals surface area contributed by atoms with Gasteiger partial charge in [0.25, 0.3) is 5.69 Å². The van der Waals surface area contributed by atoms with Gasteiger partial charge < -0.3 is 14.4 Å². The van der Waals surface area contributed by atoms with Crippen LogP contribution in [-0.2, 0) is 9.47 Å². The maximum atomic E-state index is 12.0. The van der Waals surface area contributed by atoms with Gasteiger partial charge in [-0.2, -0.15) is 0 Å². The minimum absolute atomic E-state index is 0.0250. The van der Waals surface area contributed by atoms with Crippen molar-refractivity contribution in [2.45, 2.75) is 12.1 Å². The zero-order valence-corrected chi connectivity index (χ0v) is 11.3. The predicted molar refractivity (Wildman–Crippen MR) is 70.6 cm³/mol. The average Bonchev–Trinajstić information content (AvgIpc) is 2.87. The minimum atomic E-state index is -0.512. The number of ether oxygens (including phenoxy) is 2. The van der Waals surface area contributed by atoms with E-state index in [9.17, 15) is 14.9 Å². The van der Waals surface area contributed by atoms with Crippen molar-refractivity contribution in [1.29, 1.82) is 0 Å². The van der Waals surface area contributed by atoms with E-state index >= 15 is 0 Å². The fraction of sp³-hybridized carbons (Fsp3) is 0.462. The zero-order chi connectivity index (χ0) is 14.7. The second-order valence-corrected chi connectivity index (χ2v) is 4.82. The number of rotatable bonds is 4. The Morgan fingerprint density at radius 1 is 1.35 bits per heavy atom. The predicted octanol–water partition coefficient (Wildman–Crippen LogP) is 1.08. The van der Waals surface area contributed by atoms with Crippen LogP contribution in [0, 0.1) is 10.1 Å². The summed E-state index contributed by atoms with van der Waals surface area (Å²) < 4.78 is 10.7. The molecule has 108 valence electrons. The molecule has 0 bridgehead atoms. The van der Waals surface area contributed by atoms with Crippen LogP contribution in [-0.4, -0.2) is 55.2 Å². The summed E-state index contributed by atoms with van der Waals surface area (Å²) in [4.78, 5) is 24.0. The van der Waals surface area contributed by atoms with Crippen LogP contribution >= 0.6 is 0 Å². The standard InChI is InChI=1S/C13H16N2O5/c1-14(2)11-7-19-8-12(11)20-13(16)9-3-5-10(6-4-9)15(17)18/h3-6,11-12H,7-8H2,1-2H3/t11-,12+/m0/s1. The summed E-state index contributed by atoms with van der Waals surface area (Å²) in [6.07, 6.45) is -0.326. The van der Waals surface area contributed by atoms with Gasteiger partial charge in [0.15, 0.2) is 0 Å². The van der Waals surface area contributed by atoms with Crippen LogP contribution in [0.3, 0.4) is 0 Å². The van der Waals surface area contributed by atoms with Crippen LogP contribution in [0.4, 0.5) is 5.69 Å². The maximum absolute atomic E-state index is 12.0. The molecule has 0 spiro atoms. The Morgan fingerprint density at radius 3 is 2.55 bits per heavy atom. The van der Waals surface area contributed by atoms with E-state index in [4.69, 9.17) is 9.47 Å². The molecular formula is C13H16N2O5. The molecule has 0 radical (unpaired) electrons. The molecule has 1 aliphatic rings. The molecule has 1 aliphatic heterocycles. The smallest absolute Gasteiger partial charge is 0.338 e. The molecule has 1 fully saturated rings. The largest absolute Gasteiger partial charge is 0.455 e. The van der Waals surface area contributed by atoms with Gasteiger partial charge in [0.05, 0.1) is 29.7 Å². The SMILES string of the molecule is CN(C)[C@H]1COC[C@H]1OC(=O)c1ccc([N+](=O)[O-])cc1. The van der Waals surface area contributed by atoms with Gasteiger partial charge in [-0.25, -0.2) is 4.79 Å². The van der Waals surface area contributed by atoms with Crippen LogP contribution in [0.15, 0.2) is 24.3 Å². The molecule has 7 heteroatoms. The number of benzene rings is 1. The van der Waals surface area contributed by atoms with Crippen LogP contribution in [0.5, 0.6) is 0 Å². The summed E-state index contributed by atoms with van der Waals surface area (Å²) in [5.74, 6) is -0.498. The summed E-state index contributed by atoms with van der Waals surface area (Å²) in [6.45, 7) is 0.882. The van der Waals surface area contributed by atoms with Crippen LogP contribution < -0.4 is 0 Å². The number of hydrogen-bond donors (Lipinski definition) is 0. The van der Waals surface area contributed by atoms with E-state index in [1.54, 1.807) is 0 Å². The number of esters is 1. The highest BCUT2D eigenvalue weighted by atomic mass is 16.6. The molecule has 0 unspecified atom stereocenters. The zero-order valence-electron chi connectivity index (χ0n) is 11.3. The molecule has 0 aromatic heterocycles. The average molecular weight is 280 g/mol. The van der Waals surface area contributed by atoms with E-state index in [2.05, 4.69) is 0 Å². The third-order valence-corrected chi connectivity index (χ3v) is 3.24. The summed E-state index contributed by atoms with van der Waals surface area (Å²) in [7, 11) is 3.79. The number of hydrogen-bond acceptors (Lipinski definition) is 6. The Bertz CT molecular complexity index is 500. The van der Waals surface area contributed by atoms with Crippen molar-refractivity contribution in [3.05, 3.63) is 39.9 Å². The van der Waals surface area contributed by atoms with Gasteiger partial charge in [-0.15, -0.1) is 0 Å². The van der Waals surface area contributed by atoms with Crippen molar-refractivity contribution >= 4 is 11.7 Å². The summed E-state index contributed by atoms with van der Waals surface area (Å²) >= 11 is 0. The van der Waals surface area contributed by atoms with Gasteiger partial charge in [0, 0.05) is 12.1 Å². The highest BCUT2D eigenvalue weighted by Gasteiger charge is 2.33. The Hall–Kier alpha value is -1.99. The molecule has 1 aromatic carbocycles. The van der Waals surface area contributed by atoms with E-state index in [1.807, 2.05) is 19.0 Å². The molecule has 1 aromatic rings. The molecule has 0 saturated carbocycles. The summed E-state index contributed by atoms with van der Waals surface area (Å²) in [5, 5.41) is 10.5. The molecule has 1 heterocycles. The number of nitro groups is 1. The third kappa shape index (κ3) is 3.12. The number of nitro benzene ring substituents is 1. The van der Waals surface area contributed by atoms with Gasteiger partial charge in [-0.1, -0.05) is 0 Å². The molecule has 0 aliphatic carbocycles. The van der Waals surface area contributed by atoms with Crippen molar-refractivity contribution in [3.8, 4) is 0 Å². The number of non-ortho nitro benzene ring substituents is 1. The van der Waals surface area contributed by atoms with E-state index in [0.717, 1.165) is 0 Å². The molecule has 1 saturated heterocycles. The maximum Gasteiger partial charge on any atom is 0.338 e. The normalized spacial score (nSPS) is 21.9. The van der Waals surface area contributed by atoms with Crippen molar-refractivity contribution in [1.82, 2.24) is 4.90 Å². The summed E-state index contributed by atoms with van der Waals surface area (Å²) in [5.41, 5.74) is 0.233. The van der Waals surface area contributed by atoms with Crippen molar-refractivity contribution < 1.29 is 19.2 Å². The van der Waals surface area contributed by atoms with Gasteiger partial charge >= 0.3 is 5.97 Å². The first-order chi connectivity index (χ1) is 9.49. The first-order valence-electron chi connectivity index (χ1n) is 6.18. The van der Waals surface area contributed by atoms with Crippen molar-refractivity contribution in [3.63, 3.8) is 0 Å². The van der Waals surface area contributed by atoms with E-state index < -0.39 is 10.9 Å². The second-order valence-electron chi connectivity index (χ2n) is 4.82. The topological polar surface area (TPSA) is 81.9 Å². The lowest BCUT2D eigenvalue weighted by atomic mass is 10.2. The van der Waals surface area contributed by atoms with Gasteiger partial charge in [-0.05, 0) is 26.2 Å². The van der Waals surface area contributed by atoms with Crippen LogP contribution in [0.1, 0.15) is 10.4 Å². The minimum Gasteiger partial charge on any atom is -0.455 e. The Kier molecular flexibility index (Phi) is 4.31. The fourth-order valence-corrected chi connectivity index (χ4v) is 2.04. The Balaban J connectivity index is 2.02. The molecule has 0 N–H and O–H groups in total. The fourth-order valence-electron chi connectivity index (χ4n) is 2.04. The Morgan fingerprint density at radius 2 is 2.00 bits per heavy atom. The Labute approximate surface area is 116 Å². The lowest BCUT2D eigenvalue weighted by Gasteiger charge is -2.23. The highest BCUT2D eigenvalue weighted by Crippen LogP contribution is 2.17. The molecule has 7 nitrogen and oxygen atoms in total. The van der Waals surface area contributed by atoms with Gasteiger partial charge in [0.2, 0.25) is 0 Å². The lowest BCUT2D eigenvalue weighted by Crippen LogP contribution is -2.40. The summed E-state index contributed by atoms with van der Waals surface area (Å²) in [6, 6.07) is 5.37. The highest BCUT2D eigenvalue weighted by molar-refractivity contribution is 5.89. The number of likely N-dealkylation sites (N-methyl/N-ethyl adjacent to an activating group) is 1. The van der Waals surface area contributed by atoms with Gasteiger partial charge in [-0.3, -0.25) is 10.1 Å². The van der Waals surface area contributed by atoms with E-state index in [0.29, 0.717) is 18.8 Å². The second kappa shape index (κ2) is 5.98. The number of carbonyl (C=O) groups is 1. The van der Waals surface area contributed by atoms with Crippen molar-refractivity contribution in [2.75, 3.05) is 27.3 Å². The third-order valence-electron chi connectivity index (χ3n) is 3.24. The number of carbonyl (C=O) groups excluding carboxylic acids is 1. The quantitative estimate of drug-likeness (QED) is 0.466. The van der Waals surface area contributed by atoms with Gasteiger partial charge in [0.1, 0.15) is 6.10 Å². The molecule has 20 heavy (non-hydrogen) atoms. The molecule has 0 amide bonds. The lowest BCUT2D eigenvalue weighted by molar-refractivity contribution is -0.384. The van der Waals surface area contributed by atoms with E-state index in [1.165, 1.54) is 24.3 Å². The van der Waals surface area contributed by atoms with Crippen LogP contribution in [0.2, 0.25) is 0 Å². The van der Waals surface area contributed by atoms with Crippen LogP contribution in [0.25, 0.3) is 0 Å². The first kappa shape index (κ1) is 14.4. The first-order valence-corrected chi connectivity index (χ1v) is 6.18. The van der Waals surface area contributed by atoms with Crippen molar-refractivity contribution in [2.24, 2.45) is 0 Å². The molecule has 2 rings (SSSR count). The molecule has 2 atom stereocenters. The van der Waals surface area contributed by atoms with E-state index in [-0.39, 0.29) is 17.8 Å². The molecular weight excluding hydrogens is 264 g/mol. The number of nitrogens with zero attached hydrogens (tertiary/aromatic N) is 2. The monoisotopic (exact) mass is 280 g/mol.